The number of esters is 1. The van der Waals surface area contributed by atoms with E-state index in [1.54, 1.807) is 0 Å². The van der Waals surface area contributed by atoms with Gasteiger partial charge in [0.2, 0.25) is 6.36 Å². The van der Waals surface area contributed by atoms with Gasteiger partial charge >= 0.3 is 5.97 Å². The Balaban J connectivity index is 3.61. The summed E-state index contributed by atoms with van der Waals surface area (Å²) in [6.07, 6.45) is 0.416. The molecule has 0 heterocycles. The average molecular weight is 174 g/mol. The summed E-state index contributed by atoms with van der Waals surface area (Å²) in [6.45, 7) is 6.79. The zero-order valence-corrected chi connectivity index (χ0v) is 7.60. The lowest BCUT2D eigenvalue weighted by molar-refractivity contribution is -0.153. The van der Waals surface area contributed by atoms with Crippen LogP contribution in [-0.2, 0) is 9.53 Å². The van der Waals surface area contributed by atoms with E-state index in [1.807, 2.05) is 6.92 Å². The second kappa shape index (κ2) is 5.75. The largest absolute Gasteiger partial charge is 0.428 e. The lowest BCUT2D eigenvalue weighted by Crippen LogP contribution is -2.13. The number of hydrogen-bond donors (Lipinski definition) is 0. The summed E-state index contributed by atoms with van der Waals surface area (Å²) in [6, 6.07) is 0. The fourth-order valence-corrected chi connectivity index (χ4v) is 0.640. The molecule has 0 spiro atoms. The highest BCUT2D eigenvalue weighted by Crippen LogP contribution is 2.07. The highest BCUT2D eigenvalue weighted by molar-refractivity contribution is 5.86. The fourth-order valence-electron chi connectivity index (χ4n) is 0.640. The lowest BCUT2D eigenvalue weighted by Gasteiger charge is -2.08. The normalized spacial score (nSPS) is 12.2. The number of carbonyl (C=O) groups excluding carboxylic acids is 1. The second-order valence-corrected chi connectivity index (χ2v) is 2.74. The summed E-state index contributed by atoms with van der Waals surface area (Å²) >= 11 is 0. The van der Waals surface area contributed by atoms with Gasteiger partial charge < -0.3 is 4.74 Å². The van der Waals surface area contributed by atoms with Crippen LogP contribution in [0.4, 0.5) is 4.39 Å². The lowest BCUT2D eigenvalue weighted by atomic mass is 10.2. The molecular formula is C9H15FO2. The first-order valence-corrected chi connectivity index (χ1v) is 4.08. The van der Waals surface area contributed by atoms with Crippen molar-refractivity contribution in [2.24, 2.45) is 0 Å². The Hall–Kier alpha value is -0.860. The van der Waals surface area contributed by atoms with Gasteiger partial charge in [-0.3, -0.25) is 0 Å². The van der Waals surface area contributed by atoms with Gasteiger partial charge in [0, 0.05) is 12.0 Å². The zero-order chi connectivity index (χ0) is 9.56. The van der Waals surface area contributed by atoms with E-state index in [0.29, 0.717) is 0 Å². The van der Waals surface area contributed by atoms with Crippen LogP contribution in [0.1, 0.15) is 33.1 Å². The number of rotatable bonds is 5. The number of unbranched alkanes of at least 4 members (excludes halogenated alkanes) is 1. The average Bonchev–Trinajstić information content (AvgIpc) is 2.00. The molecule has 0 rings (SSSR count). The van der Waals surface area contributed by atoms with Crippen LogP contribution in [0.15, 0.2) is 12.2 Å². The molecule has 0 saturated carbocycles. The van der Waals surface area contributed by atoms with Crippen LogP contribution < -0.4 is 0 Å². The standard InChI is InChI=1S/C9H15FO2/c1-4-5-6-8(10)12-9(11)7(2)3/h8H,2,4-6H2,1,3H3. The summed E-state index contributed by atoms with van der Waals surface area (Å²) in [7, 11) is 0. The molecule has 0 N–H and O–H groups in total. The Morgan fingerprint density at radius 1 is 1.67 bits per heavy atom. The van der Waals surface area contributed by atoms with Crippen molar-refractivity contribution in [1.29, 1.82) is 0 Å². The molecule has 0 saturated heterocycles. The van der Waals surface area contributed by atoms with Crippen molar-refractivity contribution >= 4 is 5.97 Å². The predicted octanol–water partition coefficient (Wildman–Crippen LogP) is 2.59. The molecule has 3 heteroatoms. The Kier molecular flexibility index (Phi) is 5.34. The van der Waals surface area contributed by atoms with Crippen LogP contribution in [-0.4, -0.2) is 12.3 Å². The van der Waals surface area contributed by atoms with E-state index >= 15 is 0 Å². The summed E-state index contributed by atoms with van der Waals surface area (Å²) in [5.74, 6) is -0.654. The first-order chi connectivity index (χ1) is 5.57. The smallest absolute Gasteiger partial charge is 0.335 e. The van der Waals surface area contributed by atoms with Gasteiger partial charge in [-0.2, -0.15) is 0 Å². The van der Waals surface area contributed by atoms with Gasteiger partial charge in [0.15, 0.2) is 0 Å². The van der Waals surface area contributed by atoms with Crippen molar-refractivity contribution in [3.05, 3.63) is 12.2 Å². The molecule has 0 aliphatic carbocycles. The van der Waals surface area contributed by atoms with Gasteiger partial charge in [-0.15, -0.1) is 0 Å². The highest BCUT2D eigenvalue weighted by atomic mass is 19.1. The molecule has 0 aliphatic heterocycles. The summed E-state index contributed by atoms with van der Waals surface area (Å²) in [4.78, 5) is 10.8. The molecule has 0 aromatic carbocycles. The number of halogens is 1. The van der Waals surface area contributed by atoms with Crippen molar-refractivity contribution in [3.63, 3.8) is 0 Å². The van der Waals surface area contributed by atoms with Crippen molar-refractivity contribution in [1.82, 2.24) is 0 Å². The molecule has 0 fully saturated rings. The second-order valence-electron chi connectivity index (χ2n) is 2.74. The van der Waals surface area contributed by atoms with Crippen LogP contribution in [0.2, 0.25) is 0 Å². The topological polar surface area (TPSA) is 26.3 Å². The number of alkyl halides is 1. The molecule has 12 heavy (non-hydrogen) atoms. The molecule has 70 valence electrons. The van der Waals surface area contributed by atoms with Crippen LogP contribution >= 0.6 is 0 Å². The minimum atomic E-state index is -1.48. The minimum Gasteiger partial charge on any atom is -0.428 e. The van der Waals surface area contributed by atoms with Gasteiger partial charge in [0.1, 0.15) is 0 Å². The monoisotopic (exact) mass is 174 g/mol. The molecular weight excluding hydrogens is 159 g/mol. The van der Waals surface area contributed by atoms with Crippen molar-refractivity contribution in [2.45, 2.75) is 39.5 Å². The highest BCUT2D eigenvalue weighted by Gasteiger charge is 2.11. The first kappa shape index (κ1) is 11.1. The summed E-state index contributed by atoms with van der Waals surface area (Å²) in [5.41, 5.74) is 0.231. The third-order valence-corrected chi connectivity index (χ3v) is 1.37. The van der Waals surface area contributed by atoms with Gasteiger partial charge in [0.25, 0.3) is 0 Å². The summed E-state index contributed by atoms with van der Waals surface area (Å²) < 4.78 is 17.1. The SMILES string of the molecule is C=C(C)C(=O)OC(F)CCCC. The zero-order valence-electron chi connectivity index (χ0n) is 7.60. The van der Waals surface area contributed by atoms with E-state index in [1.165, 1.54) is 6.92 Å². The maximum Gasteiger partial charge on any atom is 0.335 e. The third kappa shape index (κ3) is 4.88. The number of carbonyl (C=O) groups is 1. The first-order valence-electron chi connectivity index (χ1n) is 4.08. The molecule has 0 bridgehead atoms. The Morgan fingerprint density at radius 2 is 2.25 bits per heavy atom. The molecule has 0 amide bonds. The number of hydrogen-bond acceptors (Lipinski definition) is 2. The van der Waals surface area contributed by atoms with Gasteiger partial charge in [-0.1, -0.05) is 19.9 Å². The molecule has 1 unspecified atom stereocenters. The van der Waals surface area contributed by atoms with E-state index < -0.39 is 12.3 Å². The fraction of sp³-hybridized carbons (Fsp3) is 0.667. The Labute approximate surface area is 72.4 Å². The molecule has 0 radical (unpaired) electrons. The minimum absolute atomic E-state index is 0.231. The molecule has 0 aromatic heterocycles. The van der Waals surface area contributed by atoms with Crippen LogP contribution in [0.25, 0.3) is 0 Å². The third-order valence-electron chi connectivity index (χ3n) is 1.37. The predicted molar refractivity (Wildman–Crippen MR) is 45.3 cm³/mol. The van der Waals surface area contributed by atoms with E-state index in [9.17, 15) is 9.18 Å². The van der Waals surface area contributed by atoms with Gasteiger partial charge in [-0.05, 0) is 13.3 Å². The van der Waals surface area contributed by atoms with E-state index in [-0.39, 0.29) is 12.0 Å². The van der Waals surface area contributed by atoms with E-state index in [2.05, 4.69) is 11.3 Å². The van der Waals surface area contributed by atoms with Crippen molar-refractivity contribution in [3.8, 4) is 0 Å². The quantitative estimate of drug-likeness (QED) is 0.473. The van der Waals surface area contributed by atoms with Gasteiger partial charge in [0.05, 0.1) is 0 Å². The van der Waals surface area contributed by atoms with Crippen LogP contribution in [0.3, 0.4) is 0 Å². The molecule has 1 atom stereocenters. The van der Waals surface area contributed by atoms with Crippen LogP contribution in [0.5, 0.6) is 0 Å². The maximum absolute atomic E-state index is 12.7. The van der Waals surface area contributed by atoms with Gasteiger partial charge in [-0.25, -0.2) is 9.18 Å². The van der Waals surface area contributed by atoms with E-state index in [0.717, 1.165) is 12.8 Å². The molecule has 0 aromatic rings. The Morgan fingerprint density at radius 3 is 2.67 bits per heavy atom. The van der Waals surface area contributed by atoms with Crippen molar-refractivity contribution in [2.75, 3.05) is 0 Å². The maximum atomic E-state index is 12.7. The van der Waals surface area contributed by atoms with Crippen LogP contribution in [0, 0.1) is 0 Å². The van der Waals surface area contributed by atoms with E-state index in [4.69, 9.17) is 0 Å². The molecule has 0 aliphatic rings. The molecule has 2 nitrogen and oxygen atoms in total. The van der Waals surface area contributed by atoms with Crippen molar-refractivity contribution < 1.29 is 13.9 Å². The summed E-state index contributed by atoms with van der Waals surface area (Å²) in [5, 5.41) is 0. The Bertz CT molecular complexity index is 166. The number of ether oxygens (including phenoxy) is 1.